The van der Waals surface area contributed by atoms with Crippen molar-refractivity contribution < 1.29 is 14.3 Å². The molecule has 22 heavy (non-hydrogen) atoms. The topological polar surface area (TPSA) is 59.6 Å². The van der Waals surface area contributed by atoms with Crippen molar-refractivity contribution in [3.63, 3.8) is 0 Å². The Bertz CT molecular complexity index is 486. The standard InChI is InChI=1S/C15H21ClN2O3.ClH/c1-20-7-6-17-4-5-18-15(19)12-8-11-9-13(16)2-3-14(11)21-10-12;/h2-3,9,12,17H,4-8,10H2,1H3,(H,18,19);1H. The van der Waals surface area contributed by atoms with E-state index in [2.05, 4.69) is 10.6 Å². The molecular weight excluding hydrogens is 327 g/mol. The van der Waals surface area contributed by atoms with Crippen molar-refractivity contribution >= 4 is 29.9 Å². The predicted octanol–water partition coefficient (Wildman–Crippen LogP) is 1.67. The third-order valence-corrected chi connectivity index (χ3v) is 3.62. The van der Waals surface area contributed by atoms with E-state index in [4.69, 9.17) is 21.1 Å². The van der Waals surface area contributed by atoms with Crippen LogP contribution in [0.15, 0.2) is 18.2 Å². The summed E-state index contributed by atoms with van der Waals surface area (Å²) in [5.74, 6) is 0.689. The zero-order valence-corrected chi connectivity index (χ0v) is 14.1. The Morgan fingerprint density at radius 1 is 1.41 bits per heavy atom. The number of rotatable bonds is 7. The lowest BCUT2D eigenvalue weighted by Crippen LogP contribution is -2.40. The molecule has 7 heteroatoms. The summed E-state index contributed by atoms with van der Waals surface area (Å²) in [5.41, 5.74) is 0.993. The van der Waals surface area contributed by atoms with E-state index in [-0.39, 0.29) is 24.2 Å². The highest BCUT2D eigenvalue weighted by Crippen LogP contribution is 2.29. The van der Waals surface area contributed by atoms with Crippen molar-refractivity contribution in [2.24, 2.45) is 5.92 Å². The van der Waals surface area contributed by atoms with Crippen LogP contribution in [0.2, 0.25) is 5.02 Å². The molecule has 0 spiro atoms. The molecule has 2 rings (SSSR count). The summed E-state index contributed by atoms with van der Waals surface area (Å²) < 4.78 is 10.6. The van der Waals surface area contributed by atoms with E-state index < -0.39 is 0 Å². The fourth-order valence-electron chi connectivity index (χ4n) is 2.25. The Morgan fingerprint density at radius 3 is 3.00 bits per heavy atom. The first-order valence-corrected chi connectivity index (χ1v) is 7.47. The lowest BCUT2D eigenvalue weighted by Gasteiger charge is -2.24. The number of ether oxygens (including phenoxy) is 2. The fraction of sp³-hybridized carbons (Fsp3) is 0.533. The second-order valence-corrected chi connectivity index (χ2v) is 5.43. The highest BCUT2D eigenvalue weighted by molar-refractivity contribution is 6.30. The first-order chi connectivity index (χ1) is 10.2. The molecule has 1 unspecified atom stereocenters. The summed E-state index contributed by atoms with van der Waals surface area (Å²) >= 11 is 5.97. The number of halogens is 2. The average molecular weight is 349 g/mol. The van der Waals surface area contributed by atoms with Crippen LogP contribution in [-0.4, -0.2) is 45.9 Å². The minimum atomic E-state index is -0.157. The van der Waals surface area contributed by atoms with Crippen molar-refractivity contribution in [1.82, 2.24) is 10.6 Å². The van der Waals surface area contributed by atoms with Gasteiger partial charge in [-0.1, -0.05) is 11.6 Å². The maximum atomic E-state index is 12.1. The van der Waals surface area contributed by atoms with Crippen LogP contribution in [0.5, 0.6) is 5.75 Å². The molecule has 1 amide bonds. The van der Waals surface area contributed by atoms with Gasteiger partial charge >= 0.3 is 0 Å². The lowest BCUT2D eigenvalue weighted by atomic mass is 9.96. The minimum absolute atomic E-state index is 0. The van der Waals surface area contributed by atoms with E-state index in [1.165, 1.54) is 0 Å². The van der Waals surface area contributed by atoms with E-state index >= 15 is 0 Å². The van der Waals surface area contributed by atoms with Crippen molar-refractivity contribution in [2.75, 3.05) is 40.0 Å². The van der Waals surface area contributed by atoms with Gasteiger partial charge in [0.05, 0.1) is 12.5 Å². The molecular formula is C15H22Cl2N2O3. The van der Waals surface area contributed by atoms with Crippen molar-refractivity contribution in [3.8, 4) is 5.75 Å². The van der Waals surface area contributed by atoms with Crippen LogP contribution in [0.1, 0.15) is 5.56 Å². The van der Waals surface area contributed by atoms with E-state index in [0.29, 0.717) is 31.2 Å². The van der Waals surface area contributed by atoms with Crippen LogP contribution in [0, 0.1) is 5.92 Å². The summed E-state index contributed by atoms with van der Waals surface area (Å²) in [6.45, 7) is 3.19. The Hall–Kier alpha value is -1.01. The summed E-state index contributed by atoms with van der Waals surface area (Å²) in [4.78, 5) is 12.1. The Balaban J connectivity index is 0.00000242. The molecule has 0 fully saturated rings. The zero-order chi connectivity index (χ0) is 15.1. The molecule has 1 aromatic carbocycles. The monoisotopic (exact) mass is 348 g/mol. The van der Waals surface area contributed by atoms with E-state index in [0.717, 1.165) is 24.4 Å². The van der Waals surface area contributed by atoms with Crippen molar-refractivity contribution in [2.45, 2.75) is 6.42 Å². The second-order valence-electron chi connectivity index (χ2n) is 5.00. The molecule has 0 aliphatic carbocycles. The quantitative estimate of drug-likeness (QED) is 0.736. The van der Waals surface area contributed by atoms with Crippen LogP contribution in [0.4, 0.5) is 0 Å². The molecule has 1 heterocycles. The molecule has 5 nitrogen and oxygen atoms in total. The molecule has 0 saturated heterocycles. The molecule has 0 saturated carbocycles. The molecule has 2 N–H and O–H groups in total. The largest absolute Gasteiger partial charge is 0.492 e. The summed E-state index contributed by atoms with van der Waals surface area (Å²) in [6.07, 6.45) is 0.666. The van der Waals surface area contributed by atoms with Gasteiger partial charge < -0.3 is 20.1 Å². The van der Waals surface area contributed by atoms with Gasteiger partial charge in [-0.05, 0) is 30.2 Å². The molecule has 1 aliphatic rings. The van der Waals surface area contributed by atoms with Crippen LogP contribution in [0.25, 0.3) is 0 Å². The Morgan fingerprint density at radius 2 is 2.23 bits per heavy atom. The number of methoxy groups -OCH3 is 1. The number of nitrogens with one attached hydrogen (secondary N) is 2. The molecule has 124 valence electrons. The van der Waals surface area contributed by atoms with Gasteiger partial charge in [-0.3, -0.25) is 4.79 Å². The molecule has 1 atom stereocenters. The third-order valence-electron chi connectivity index (χ3n) is 3.38. The first-order valence-electron chi connectivity index (χ1n) is 7.09. The van der Waals surface area contributed by atoms with Crippen LogP contribution in [0.3, 0.4) is 0 Å². The predicted molar refractivity (Wildman–Crippen MR) is 89.1 cm³/mol. The van der Waals surface area contributed by atoms with Gasteiger partial charge in [0.2, 0.25) is 5.91 Å². The van der Waals surface area contributed by atoms with E-state index in [9.17, 15) is 4.79 Å². The number of fused-ring (bicyclic) bond motifs is 1. The third kappa shape index (κ3) is 5.65. The lowest BCUT2D eigenvalue weighted by molar-refractivity contribution is -0.126. The number of hydrogen-bond acceptors (Lipinski definition) is 4. The zero-order valence-electron chi connectivity index (χ0n) is 12.6. The van der Waals surface area contributed by atoms with Crippen molar-refractivity contribution in [1.29, 1.82) is 0 Å². The number of amides is 1. The first kappa shape index (κ1) is 19.0. The van der Waals surface area contributed by atoms with Gasteiger partial charge in [-0.25, -0.2) is 0 Å². The normalized spacial score (nSPS) is 16.2. The Kier molecular flexibility index (Phi) is 8.56. The van der Waals surface area contributed by atoms with Gasteiger partial charge in [0.25, 0.3) is 0 Å². The van der Waals surface area contributed by atoms with Crippen LogP contribution < -0.4 is 15.4 Å². The number of benzene rings is 1. The number of hydrogen-bond donors (Lipinski definition) is 2. The molecule has 0 radical (unpaired) electrons. The van der Waals surface area contributed by atoms with Crippen molar-refractivity contribution in [3.05, 3.63) is 28.8 Å². The van der Waals surface area contributed by atoms with Gasteiger partial charge in [-0.15, -0.1) is 12.4 Å². The second kappa shape index (κ2) is 9.90. The van der Waals surface area contributed by atoms with E-state index in [1.54, 1.807) is 13.2 Å². The fourth-order valence-corrected chi connectivity index (χ4v) is 2.44. The number of carbonyl (C=O) groups is 1. The van der Waals surface area contributed by atoms with Gasteiger partial charge in [0.15, 0.2) is 0 Å². The molecule has 0 bridgehead atoms. The van der Waals surface area contributed by atoms with E-state index in [1.807, 2.05) is 12.1 Å². The van der Waals surface area contributed by atoms with Crippen LogP contribution >= 0.6 is 24.0 Å². The van der Waals surface area contributed by atoms with Gasteiger partial charge in [-0.2, -0.15) is 0 Å². The highest BCUT2D eigenvalue weighted by Gasteiger charge is 2.25. The molecule has 1 aromatic rings. The summed E-state index contributed by atoms with van der Waals surface area (Å²) in [5, 5.41) is 6.77. The maximum Gasteiger partial charge on any atom is 0.226 e. The smallest absolute Gasteiger partial charge is 0.226 e. The molecule has 0 aromatic heterocycles. The minimum Gasteiger partial charge on any atom is -0.492 e. The van der Waals surface area contributed by atoms with Crippen LogP contribution in [-0.2, 0) is 16.0 Å². The maximum absolute atomic E-state index is 12.1. The summed E-state index contributed by atoms with van der Waals surface area (Å²) in [7, 11) is 1.66. The summed E-state index contributed by atoms with van der Waals surface area (Å²) in [6, 6.07) is 5.51. The molecule has 1 aliphatic heterocycles. The highest BCUT2D eigenvalue weighted by atomic mass is 35.5. The van der Waals surface area contributed by atoms with Gasteiger partial charge in [0.1, 0.15) is 12.4 Å². The Labute approximate surface area is 142 Å². The van der Waals surface area contributed by atoms with Gasteiger partial charge in [0, 0.05) is 31.8 Å². The SMILES string of the molecule is COCCNCCNC(=O)C1COc2ccc(Cl)cc2C1.Cl. The average Bonchev–Trinajstić information content (AvgIpc) is 2.49. The number of carbonyl (C=O) groups excluding carboxylic acids is 1.